The Morgan fingerprint density at radius 2 is 1.78 bits per heavy atom. The number of hydrogen-bond donors (Lipinski definition) is 2. The number of fused-ring (bicyclic) bond motifs is 1. The summed E-state index contributed by atoms with van der Waals surface area (Å²) < 4.78 is 2.51. The van der Waals surface area contributed by atoms with E-state index in [0.29, 0.717) is 28.2 Å². The van der Waals surface area contributed by atoms with Crippen molar-refractivity contribution < 1.29 is 9.59 Å². The van der Waals surface area contributed by atoms with Crippen LogP contribution in [-0.4, -0.2) is 27.1 Å². The van der Waals surface area contributed by atoms with Crippen LogP contribution >= 0.6 is 27.7 Å². The second-order valence-electron chi connectivity index (χ2n) is 7.23. The van der Waals surface area contributed by atoms with Crippen molar-refractivity contribution in [2.75, 3.05) is 5.75 Å². The number of unbranched alkanes of at least 4 members (excludes halogenated alkanes) is 3. The third kappa shape index (κ3) is 6.43. The van der Waals surface area contributed by atoms with E-state index in [1.54, 1.807) is 41.0 Å². The fourth-order valence-corrected chi connectivity index (χ4v) is 4.21. The third-order valence-corrected chi connectivity index (χ3v) is 6.32. The number of para-hydroxylation sites is 1. The molecule has 0 fully saturated rings. The molecule has 2 aromatic carbocycles. The zero-order valence-electron chi connectivity index (χ0n) is 17.8. The Balaban J connectivity index is 1.65. The van der Waals surface area contributed by atoms with Gasteiger partial charge in [-0.2, -0.15) is 0 Å². The van der Waals surface area contributed by atoms with Crippen LogP contribution in [0.15, 0.2) is 63.0 Å². The minimum absolute atomic E-state index is 0.0142. The van der Waals surface area contributed by atoms with Gasteiger partial charge in [-0.3, -0.25) is 29.8 Å². The Kier molecular flexibility index (Phi) is 8.87. The highest BCUT2D eigenvalue weighted by Crippen LogP contribution is 2.18. The fraction of sp³-hybridized carbons (Fsp3) is 0.304. The van der Waals surface area contributed by atoms with Gasteiger partial charge in [-0.15, -0.1) is 0 Å². The number of nitrogens with zero attached hydrogens (tertiary/aromatic N) is 2. The van der Waals surface area contributed by atoms with Crippen LogP contribution in [0.2, 0.25) is 0 Å². The monoisotopic (exact) mass is 516 g/mol. The Hall–Kier alpha value is -2.65. The molecular weight excluding hydrogens is 492 g/mol. The molecule has 168 valence electrons. The predicted octanol–water partition coefficient (Wildman–Crippen LogP) is 4.29. The molecule has 0 bridgehead atoms. The van der Waals surface area contributed by atoms with Crippen molar-refractivity contribution in [1.82, 2.24) is 20.4 Å². The summed E-state index contributed by atoms with van der Waals surface area (Å²) in [7, 11) is 0. The summed E-state index contributed by atoms with van der Waals surface area (Å²) in [4.78, 5) is 42.1. The number of thioether (sulfide) groups is 1. The molecule has 0 aliphatic carbocycles. The molecule has 0 aliphatic heterocycles. The normalized spacial score (nSPS) is 10.8. The first-order valence-electron chi connectivity index (χ1n) is 10.5. The van der Waals surface area contributed by atoms with Crippen LogP contribution in [-0.2, 0) is 11.3 Å². The molecule has 9 heteroatoms. The van der Waals surface area contributed by atoms with E-state index in [2.05, 4.69) is 38.7 Å². The van der Waals surface area contributed by atoms with Gasteiger partial charge in [-0.25, -0.2) is 4.98 Å². The highest BCUT2D eigenvalue weighted by molar-refractivity contribution is 9.10. The third-order valence-electron chi connectivity index (χ3n) is 4.82. The zero-order chi connectivity index (χ0) is 22.9. The van der Waals surface area contributed by atoms with Crippen molar-refractivity contribution in [3.05, 3.63) is 68.9 Å². The van der Waals surface area contributed by atoms with Crippen LogP contribution < -0.4 is 16.4 Å². The second kappa shape index (κ2) is 11.8. The maximum Gasteiger partial charge on any atom is 0.269 e. The van der Waals surface area contributed by atoms with Gasteiger partial charge in [0.05, 0.1) is 16.7 Å². The molecule has 1 aromatic heterocycles. The molecule has 0 radical (unpaired) electrons. The number of carbonyl (C=O) groups is 2. The van der Waals surface area contributed by atoms with E-state index >= 15 is 0 Å². The molecule has 0 atom stereocenters. The number of benzene rings is 2. The van der Waals surface area contributed by atoms with Crippen LogP contribution in [0.1, 0.15) is 43.0 Å². The van der Waals surface area contributed by atoms with E-state index in [-0.39, 0.29) is 17.2 Å². The molecule has 3 aromatic rings. The van der Waals surface area contributed by atoms with E-state index in [9.17, 15) is 14.4 Å². The van der Waals surface area contributed by atoms with Gasteiger partial charge in [0.1, 0.15) is 0 Å². The molecule has 0 saturated heterocycles. The number of hydrazine groups is 1. The quantitative estimate of drug-likeness (QED) is 0.191. The van der Waals surface area contributed by atoms with Gasteiger partial charge in [0, 0.05) is 16.6 Å². The molecule has 1 heterocycles. The number of amides is 2. The zero-order valence-corrected chi connectivity index (χ0v) is 20.2. The summed E-state index contributed by atoms with van der Waals surface area (Å²) in [6.45, 7) is 2.69. The van der Waals surface area contributed by atoms with E-state index in [0.717, 1.165) is 30.2 Å². The molecule has 0 spiro atoms. The highest BCUT2D eigenvalue weighted by atomic mass is 79.9. The Morgan fingerprint density at radius 3 is 2.53 bits per heavy atom. The van der Waals surface area contributed by atoms with Crippen molar-refractivity contribution >= 4 is 50.4 Å². The maximum atomic E-state index is 13.0. The predicted molar refractivity (Wildman–Crippen MR) is 131 cm³/mol. The van der Waals surface area contributed by atoms with Gasteiger partial charge in [0.25, 0.3) is 11.5 Å². The van der Waals surface area contributed by atoms with E-state index in [1.165, 1.54) is 11.8 Å². The van der Waals surface area contributed by atoms with Gasteiger partial charge in [-0.1, -0.05) is 66.0 Å². The summed E-state index contributed by atoms with van der Waals surface area (Å²) >= 11 is 4.49. The summed E-state index contributed by atoms with van der Waals surface area (Å²) in [5.74, 6) is -0.784. The lowest BCUT2D eigenvalue weighted by molar-refractivity contribution is -0.119. The Bertz CT molecular complexity index is 1150. The van der Waals surface area contributed by atoms with Gasteiger partial charge >= 0.3 is 0 Å². The lowest BCUT2D eigenvalue weighted by Gasteiger charge is -2.13. The minimum atomic E-state index is -0.410. The Labute approximate surface area is 199 Å². The fourth-order valence-electron chi connectivity index (χ4n) is 3.12. The van der Waals surface area contributed by atoms with Crippen molar-refractivity contribution in [2.45, 2.75) is 44.3 Å². The lowest BCUT2D eigenvalue weighted by Crippen LogP contribution is -2.42. The summed E-state index contributed by atoms with van der Waals surface area (Å²) in [6, 6.07) is 14.0. The minimum Gasteiger partial charge on any atom is -0.287 e. The van der Waals surface area contributed by atoms with Crippen LogP contribution in [0.5, 0.6) is 0 Å². The first-order chi connectivity index (χ1) is 15.5. The largest absolute Gasteiger partial charge is 0.287 e. The molecule has 3 rings (SSSR count). The van der Waals surface area contributed by atoms with Gasteiger partial charge in [0.2, 0.25) is 5.91 Å². The van der Waals surface area contributed by atoms with Crippen LogP contribution in [0.3, 0.4) is 0 Å². The standard InChI is InChI=1S/C23H25BrN4O3S/c1-2-3-4-7-14-28-22(31)18-8-5-6-9-19(18)25-23(28)32-15-20(29)26-27-21(30)16-10-12-17(24)13-11-16/h5-6,8-13H,2-4,7,14-15H2,1H3,(H,26,29)(H,27,30). The number of halogens is 1. The molecule has 2 amide bonds. The van der Waals surface area contributed by atoms with Crippen molar-refractivity contribution in [2.24, 2.45) is 0 Å². The SMILES string of the molecule is CCCCCCn1c(SCC(=O)NNC(=O)c2ccc(Br)cc2)nc2ccccc2c1=O. The van der Waals surface area contributed by atoms with Gasteiger partial charge < -0.3 is 0 Å². The van der Waals surface area contributed by atoms with E-state index < -0.39 is 5.91 Å². The molecule has 7 nitrogen and oxygen atoms in total. The maximum absolute atomic E-state index is 13.0. The van der Waals surface area contributed by atoms with Crippen LogP contribution in [0.25, 0.3) is 10.9 Å². The van der Waals surface area contributed by atoms with E-state index in [1.807, 2.05) is 12.1 Å². The lowest BCUT2D eigenvalue weighted by atomic mass is 10.2. The first-order valence-corrected chi connectivity index (χ1v) is 12.2. The highest BCUT2D eigenvalue weighted by Gasteiger charge is 2.14. The first kappa shape index (κ1) is 24.0. The van der Waals surface area contributed by atoms with Gasteiger partial charge in [0.15, 0.2) is 5.16 Å². The Morgan fingerprint density at radius 1 is 1.03 bits per heavy atom. The van der Waals surface area contributed by atoms with Crippen molar-refractivity contribution in [3.8, 4) is 0 Å². The molecule has 0 saturated carbocycles. The topological polar surface area (TPSA) is 93.1 Å². The van der Waals surface area contributed by atoms with Crippen LogP contribution in [0.4, 0.5) is 0 Å². The summed E-state index contributed by atoms with van der Waals surface area (Å²) in [6.07, 6.45) is 4.12. The number of carbonyl (C=O) groups excluding carboxylic acids is 2. The number of hydrogen-bond acceptors (Lipinski definition) is 5. The summed E-state index contributed by atoms with van der Waals surface area (Å²) in [5.41, 5.74) is 5.75. The molecule has 0 unspecified atom stereocenters. The molecular formula is C23H25BrN4O3S. The molecule has 32 heavy (non-hydrogen) atoms. The number of nitrogens with one attached hydrogen (secondary N) is 2. The number of rotatable bonds is 9. The van der Waals surface area contributed by atoms with Crippen LogP contribution in [0, 0.1) is 0 Å². The second-order valence-corrected chi connectivity index (χ2v) is 9.09. The van der Waals surface area contributed by atoms with E-state index in [4.69, 9.17) is 0 Å². The average molecular weight is 517 g/mol. The van der Waals surface area contributed by atoms with Crippen molar-refractivity contribution in [3.63, 3.8) is 0 Å². The van der Waals surface area contributed by atoms with Gasteiger partial charge in [-0.05, 0) is 42.8 Å². The smallest absolute Gasteiger partial charge is 0.269 e. The number of aromatic nitrogens is 2. The molecule has 0 aliphatic rings. The summed E-state index contributed by atoms with van der Waals surface area (Å²) in [5, 5.41) is 1.07. The average Bonchev–Trinajstić information content (AvgIpc) is 2.80. The van der Waals surface area contributed by atoms with Crippen molar-refractivity contribution in [1.29, 1.82) is 0 Å². The molecule has 2 N–H and O–H groups in total.